The molecule has 2 rings (SSSR count). The molecule has 0 amide bonds. The Labute approximate surface area is 141 Å². The van der Waals surface area contributed by atoms with Crippen LogP contribution in [-0.2, 0) is 12.7 Å². The monoisotopic (exact) mass is 356 g/mol. The molecule has 0 radical (unpaired) electrons. The first kappa shape index (κ1) is 18.4. The third-order valence-corrected chi connectivity index (χ3v) is 3.44. The Morgan fingerprint density at radius 1 is 1.08 bits per heavy atom. The third-order valence-electron chi connectivity index (χ3n) is 3.44. The highest BCUT2D eigenvalue weighted by molar-refractivity contribution is 5.55. The maximum absolute atomic E-state index is 13.0. The van der Waals surface area contributed by atoms with Crippen molar-refractivity contribution in [1.29, 1.82) is 0 Å². The van der Waals surface area contributed by atoms with Crippen LogP contribution in [0.4, 0.5) is 24.5 Å². The zero-order valence-corrected chi connectivity index (χ0v) is 13.4. The van der Waals surface area contributed by atoms with Crippen LogP contribution in [0.2, 0.25) is 0 Å². The molecular formula is C16H15F3N2O4. The SMILES string of the molecule is COc1ccc(CNc2ccc([N+](=O)[O-])c(C(F)(F)F)c2)cc1OC. The van der Waals surface area contributed by atoms with Gasteiger partial charge in [0.05, 0.1) is 19.1 Å². The van der Waals surface area contributed by atoms with Crippen LogP contribution in [-0.4, -0.2) is 19.1 Å². The van der Waals surface area contributed by atoms with Crippen molar-refractivity contribution < 1.29 is 27.6 Å². The molecule has 1 N–H and O–H groups in total. The zero-order valence-electron chi connectivity index (χ0n) is 13.4. The van der Waals surface area contributed by atoms with Gasteiger partial charge in [0.1, 0.15) is 5.56 Å². The van der Waals surface area contributed by atoms with Gasteiger partial charge < -0.3 is 14.8 Å². The number of nitrogens with one attached hydrogen (secondary N) is 1. The topological polar surface area (TPSA) is 73.6 Å². The molecule has 0 aliphatic carbocycles. The lowest BCUT2D eigenvalue weighted by Gasteiger charge is -2.13. The molecule has 0 bridgehead atoms. The van der Waals surface area contributed by atoms with Gasteiger partial charge in [0, 0.05) is 18.3 Å². The Morgan fingerprint density at radius 2 is 1.76 bits per heavy atom. The molecule has 0 heterocycles. The third kappa shape index (κ3) is 4.31. The first-order valence-electron chi connectivity index (χ1n) is 7.06. The van der Waals surface area contributed by atoms with Crippen molar-refractivity contribution in [2.24, 2.45) is 0 Å². The van der Waals surface area contributed by atoms with Gasteiger partial charge in [-0.2, -0.15) is 13.2 Å². The summed E-state index contributed by atoms with van der Waals surface area (Å²) in [6, 6.07) is 7.87. The summed E-state index contributed by atoms with van der Waals surface area (Å²) >= 11 is 0. The molecule has 25 heavy (non-hydrogen) atoms. The average Bonchev–Trinajstić information content (AvgIpc) is 2.58. The highest BCUT2D eigenvalue weighted by atomic mass is 19.4. The Morgan fingerprint density at radius 3 is 2.32 bits per heavy atom. The van der Waals surface area contributed by atoms with E-state index in [9.17, 15) is 23.3 Å². The Hall–Kier alpha value is -2.97. The molecule has 9 heteroatoms. The smallest absolute Gasteiger partial charge is 0.423 e. The van der Waals surface area contributed by atoms with Gasteiger partial charge in [-0.3, -0.25) is 10.1 Å². The van der Waals surface area contributed by atoms with E-state index < -0.39 is 22.4 Å². The van der Waals surface area contributed by atoms with Crippen LogP contribution in [0, 0.1) is 10.1 Å². The van der Waals surface area contributed by atoms with E-state index in [0.29, 0.717) is 11.5 Å². The number of hydrogen-bond donors (Lipinski definition) is 1. The molecule has 2 aromatic rings. The molecule has 0 atom stereocenters. The summed E-state index contributed by atoms with van der Waals surface area (Å²) in [6.07, 6.45) is -4.82. The molecule has 0 saturated carbocycles. The number of benzene rings is 2. The van der Waals surface area contributed by atoms with Gasteiger partial charge >= 0.3 is 6.18 Å². The highest BCUT2D eigenvalue weighted by Crippen LogP contribution is 2.37. The van der Waals surface area contributed by atoms with Crippen molar-refractivity contribution in [3.63, 3.8) is 0 Å². The summed E-state index contributed by atoms with van der Waals surface area (Å²) in [4.78, 5) is 9.69. The number of nitro benzene ring substituents is 1. The fourth-order valence-corrected chi connectivity index (χ4v) is 2.23. The molecule has 6 nitrogen and oxygen atoms in total. The summed E-state index contributed by atoms with van der Waals surface area (Å²) < 4.78 is 49.2. The molecule has 0 saturated heterocycles. The number of alkyl halides is 3. The number of anilines is 1. The maximum Gasteiger partial charge on any atom is 0.423 e. The number of hydrogen-bond acceptors (Lipinski definition) is 5. The summed E-state index contributed by atoms with van der Waals surface area (Å²) in [5, 5.41) is 13.6. The largest absolute Gasteiger partial charge is 0.493 e. The second-order valence-electron chi connectivity index (χ2n) is 5.03. The van der Waals surface area contributed by atoms with Crippen LogP contribution in [0.25, 0.3) is 0 Å². The van der Waals surface area contributed by atoms with Gasteiger partial charge in [-0.1, -0.05) is 6.07 Å². The quantitative estimate of drug-likeness (QED) is 0.619. The summed E-state index contributed by atoms with van der Waals surface area (Å²) in [6.45, 7) is 0.204. The van der Waals surface area contributed by atoms with Crippen molar-refractivity contribution in [2.45, 2.75) is 12.7 Å². The number of ether oxygens (including phenoxy) is 2. The molecular weight excluding hydrogens is 341 g/mol. The summed E-state index contributed by atoms with van der Waals surface area (Å²) in [5.41, 5.74) is -1.42. The van der Waals surface area contributed by atoms with E-state index in [1.807, 2.05) is 0 Å². The first-order valence-corrected chi connectivity index (χ1v) is 7.06. The van der Waals surface area contributed by atoms with Crippen LogP contribution in [0.5, 0.6) is 11.5 Å². The van der Waals surface area contributed by atoms with E-state index in [1.54, 1.807) is 18.2 Å². The number of halogens is 3. The maximum atomic E-state index is 13.0. The van der Waals surface area contributed by atoms with Crippen LogP contribution < -0.4 is 14.8 Å². The van der Waals surface area contributed by atoms with Crippen LogP contribution in [0.15, 0.2) is 36.4 Å². The van der Waals surface area contributed by atoms with Crippen LogP contribution in [0.3, 0.4) is 0 Å². The second kappa shape index (κ2) is 7.29. The lowest BCUT2D eigenvalue weighted by molar-refractivity contribution is -0.388. The molecule has 0 aliphatic heterocycles. The Bertz CT molecular complexity index is 778. The molecule has 134 valence electrons. The number of nitrogens with zero attached hydrogens (tertiary/aromatic N) is 1. The summed E-state index contributed by atoms with van der Waals surface area (Å²) in [7, 11) is 2.96. The van der Waals surface area contributed by atoms with Crippen LogP contribution in [0.1, 0.15) is 11.1 Å². The van der Waals surface area contributed by atoms with Crippen molar-refractivity contribution in [3.05, 3.63) is 57.6 Å². The van der Waals surface area contributed by atoms with Gasteiger partial charge in [-0.25, -0.2) is 0 Å². The van der Waals surface area contributed by atoms with Crippen LogP contribution >= 0.6 is 0 Å². The Balaban J connectivity index is 2.22. The number of nitro groups is 1. The molecule has 0 aliphatic rings. The molecule has 0 fully saturated rings. The molecule has 0 unspecified atom stereocenters. The lowest BCUT2D eigenvalue weighted by Crippen LogP contribution is -2.10. The van der Waals surface area contributed by atoms with E-state index in [0.717, 1.165) is 17.7 Å². The second-order valence-corrected chi connectivity index (χ2v) is 5.03. The normalized spacial score (nSPS) is 11.1. The highest BCUT2D eigenvalue weighted by Gasteiger charge is 2.38. The molecule has 0 spiro atoms. The summed E-state index contributed by atoms with van der Waals surface area (Å²) in [5.74, 6) is 1.02. The van der Waals surface area contributed by atoms with E-state index in [2.05, 4.69) is 5.32 Å². The van der Waals surface area contributed by atoms with Crippen molar-refractivity contribution in [3.8, 4) is 11.5 Å². The minimum absolute atomic E-state index is 0.118. The standard InChI is InChI=1S/C16H15F3N2O4/c1-24-14-6-3-10(7-15(14)25-2)9-20-11-4-5-13(21(22)23)12(8-11)16(17,18)19/h3-8,20H,9H2,1-2H3. The van der Waals surface area contributed by atoms with E-state index >= 15 is 0 Å². The van der Waals surface area contributed by atoms with Gasteiger partial charge in [0.2, 0.25) is 0 Å². The predicted octanol–water partition coefficient (Wildman–Crippen LogP) is 4.24. The average molecular weight is 356 g/mol. The van der Waals surface area contributed by atoms with Gasteiger partial charge in [-0.05, 0) is 29.8 Å². The Kier molecular flexibility index (Phi) is 5.35. The van der Waals surface area contributed by atoms with Gasteiger partial charge in [0.15, 0.2) is 11.5 Å². The van der Waals surface area contributed by atoms with E-state index in [4.69, 9.17) is 9.47 Å². The van der Waals surface area contributed by atoms with E-state index in [-0.39, 0.29) is 12.2 Å². The zero-order chi connectivity index (χ0) is 18.6. The number of rotatable bonds is 6. The van der Waals surface area contributed by atoms with Crippen molar-refractivity contribution in [1.82, 2.24) is 0 Å². The molecule has 2 aromatic carbocycles. The lowest BCUT2D eigenvalue weighted by atomic mass is 10.1. The minimum atomic E-state index is -4.82. The van der Waals surface area contributed by atoms with Crippen molar-refractivity contribution in [2.75, 3.05) is 19.5 Å². The van der Waals surface area contributed by atoms with E-state index in [1.165, 1.54) is 20.3 Å². The fourth-order valence-electron chi connectivity index (χ4n) is 2.23. The first-order chi connectivity index (χ1) is 11.8. The predicted molar refractivity (Wildman–Crippen MR) is 85.0 cm³/mol. The fraction of sp³-hybridized carbons (Fsp3) is 0.250. The molecule has 0 aromatic heterocycles. The van der Waals surface area contributed by atoms with Crippen molar-refractivity contribution >= 4 is 11.4 Å². The van der Waals surface area contributed by atoms with Gasteiger partial charge in [0.25, 0.3) is 5.69 Å². The minimum Gasteiger partial charge on any atom is -0.493 e. The van der Waals surface area contributed by atoms with Gasteiger partial charge in [-0.15, -0.1) is 0 Å². The number of methoxy groups -OCH3 is 2.